The third kappa shape index (κ3) is 1.51. The molecular weight excluding hydrogens is 133 g/mol. The Bertz CT molecular complexity index is 225. The average molecular weight is 141 g/mol. The normalized spacial score (nSPS) is 13.1. The van der Waals surface area contributed by atoms with Crippen molar-refractivity contribution >= 4 is 0 Å². The molecule has 0 aliphatic rings. The van der Waals surface area contributed by atoms with E-state index in [4.69, 9.17) is 5.11 Å². The van der Waals surface area contributed by atoms with Crippen LogP contribution in [0, 0.1) is 5.95 Å². The van der Waals surface area contributed by atoms with E-state index in [0.717, 1.165) is 0 Å². The van der Waals surface area contributed by atoms with Crippen molar-refractivity contribution in [2.45, 2.75) is 13.0 Å². The molecule has 1 N–H and O–H groups in total. The van der Waals surface area contributed by atoms with Gasteiger partial charge >= 0.3 is 0 Å². The molecule has 0 aliphatic heterocycles. The Morgan fingerprint density at radius 3 is 2.70 bits per heavy atom. The van der Waals surface area contributed by atoms with Gasteiger partial charge in [-0.25, -0.2) is 4.98 Å². The molecule has 1 atom stereocenters. The SMILES string of the molecule is CC(O)c1cccc(F)n1. The fourth-order valence-corrected chi connectivity index (χ4v) is 0.657. The van der Waals surface area contributed by atoms with Gasteiger partial charge < -0.3 is 5.11 Å². The topological polar surface area (TPSA) is 33.1 Å². The summed E-state index contributed by atoms with van der Waals surface area (Å²) >= 11 is 0. The second kappa shape index (κ2) is 2.75. The average Bonchev–Trinajstić information content (AvgIpc) is 1.88. The number of rotatable bonds is 1. The smallest absolute Gasteiger partial charge is 0.213 e. The zero-order valence-corrected chi connectivity index (χ0v) is 5.58. The van der Waals surface area contributed by atoms with E-state index in [9.17, 15) is 4.39 Å². The van der Waals surface area contributed by atoms with E-state index in [0.29, 0.717) is 5.69 Å². The van der Waals surface area contributed by atoms with Crippen LogP contribution in [0.1, 0.15) is 18.7 Å². The fraction of sp³-hybridized carbons (Fsp3) is 0.286. The molecule has 0 aliphatic carbocycles. The van der Waals surface area contributed by atoms with Crippen LogP contribution in [-0.4, -0.2) is 10.1 Å². The largest absolute Gasteiger partial charge is 0.387 e. The van der Waals surface area contributed by atoms with Crippen LogP contribution in [0.2, 0.25) is 0 Å². The van der Waals surface area contributed by atoms with E-state index in [2.05, 4.69) is 4.98 Å². The summed E-state index contributed by atoms with van der Waals surface area (Å²) in [5.41, 5.74) is 0.361. The lowest BCUT2D eigenvalue weighted by molar-refractivity contribution is 0.193. The summed E-state index contributed by atoms with van der Waals surface area (Å²) < 4.78 is 12.3. The first-order valence-electron chi connectivity index (χ1n) is 3.00. The summed E-state index contributed by atoms with van der Waals surface area (Å²) in [5.74, 6) is -0.557. The van der Waals surface area contributed by atoms with Gasteiger partial charge in [0.05, 0.1) is 11.8 Å². The Hall–Kier alpha value is -0.960. The molecule has 0 aromatic carbocycles. The number of halogens is 1. The quantitative estimate of drug-likeness (QED) is 0.597. The van der Waals surface area contributed by atoms with Gasteiger partial charge in [0.15, 0.2) is 0 Å². The summed E-state index contributed by atoms with van der Waals surface area (Å²) in [7, 11) is 0. The van der Waals surface area contributed by atoms with Gasteiger partial charge in [0.2, 0.25) is 5.95 Å². The molecule has 0 bridgehead atoms. The maximum atomic E-state index is 12.3. The van der Waals surface area contributed by atoms with Crippen LogP contribution in [0.15, 0.2) is 18.2 Å². The molecule has 3 heteroatoms. The van der Waals surface area contributed by atoms with E-state index < -0.39 is 12.1 Å². The number of aliphatic hydroxyl groups is 1. The lowest BCUT2D eigenvalue weighted by Gasteiger charge is -2.00. The number of pyridine rings is 1. The molecule has 0 radical (unpaired) electrons. The van der Waals surface area contributed by atoms with Gasteiger partial charge in [-0.3, -0.25) is 0 Å². The molecule has 2 nitrogen and oxygen atoms in total. The second-order valence-corrected chi connectivity index (χ2v) is 2.06. The summed E-state index contributed by atoms with van der Waals surface area (Å²) in [5, 5.41) is 8.92. The molecule has 1 rings (SSSR count). The van der Waals surface area contributed by atoms with Crippen molar-refractivity contribution in [1.82, 2.24) is 4.98 Å². The molecule has 1 unspecified atom stereocenters. The highest BCUT2D eigenvalue weighted by atomic mass is 19.1. The van der Waals surface area contributed by atoms with Crippen molar-refractivity contribution < 1.29 is 9.50 Å². The van der Waals surface area contributed by atoms with E-state index >= 15 is 0 Å². The highest BCUT2D eigenvalue weighted by molar-refractivity contribution is 5.06. The van der Waals surface area contributed by atoms with Gasteiger partial charge in [-0.05, 0) is 19.1 Å². The van der Waals surface area contributed by atoms with Gasteiger partial charge in [-0.2, -0.15) is 4.39 Å². The van der Waals surface area contributed by atoms with Crippen molar-refractivity contribution in [3.05, 3.63) is 29.8 Å². The molecule has 1 aromatic heterocycles. The van der Waals surface area contributed by atoms with E-state index in [1.165, 1.54) is 12.1 Å². The molecule has 0 saturated carbocycles. The molecule has 0 spiro atoms. The Morgan fingerprint density at radius 1 is 1.60 bits per heavy atom. The lowest BCUT2D eigenvalue weighted by Crippen LogP contribution is -1.96. The minimum absolute atomic E-state index is 0.361. The zero-order chi connectivity index (χ0) is 7.56. The standard InChI is InChI=1S/C7H8FNO/c1-5(10)6-3-2-4-7(8)9-6/h2-5,10H,1H3. The predicted octanol–water partition coefficient (Wildman–Crippen LogP) is 1.27. The fourth-order valence-electron chi connectivity index (χ4n) is 0.657. The number of hydrogen-bond donors (Lipinski definition) is 1. The van der Waals surface area contributed by atoms with E-state index in [-0.39, 0.29) is 0 Å². The van der Waals surface area contributed by atoms with Crippen LogP contribution < -0.4 is 0 Å². The number of aromatic nitrogens is 1. The second-order valence-electron chi connectivity index (χ2n) is 2.06. The molecule has 1 heterocycles. The summed E-state index contributed by atoms with van der Waals surface area (Å²) in [6, 6.07) is 4.34. The van der Waals surface area contributed by atoms with Crippen LogP contribution >= 0.6 is 0 Å². The highest BCUT2D eigenvalue weighted by Gasteiger charge is 2.01. The lowest BCUT2D eigenvalue weighted by atomic mass is 10.2. The Morgan fingerprint density at radius 2 is 2.30 bits per heavy atom. The Kier molecular flexibility index (Phi) is 1.97. The summed E-state index contributed by atoms with van der Waals surface area (Å²) in [6.07, 6.45) is -0.698. The third-order valence-electron chi connectivity index (χ3n) is 1.16. The molecule has 0 amide bonds. The molecular formula is C7H8FNO. The van der Waals surface area contributed by atoms with Crippen LogP contribution in [-0.2, 0) is 0 Å². The summed E-state index contributed by atoms with van der Waals surface area (Å²) in [6.45, 7) is 1.54. The van der Waals surface area contributed by atoms with Crippen LogP contribution in [0.25, 0.3) is 0 Å². The molecule has 54 valence electrons. The number of nitrogens with zero attached hydrogens (tertiary/aromatic N) is 1. The van der Waals surface area contributed by atoms with E-state index in [1.54, 1.807) is 13.0 Å². The molecule has 0 saturated heterocycles. The van der Waals surface area contributed by atoms with Gasteiger partial charge in [0.1, 0.15) is 0 Å². The van der Waals surface area contributed by atoms with Crippen molar-refractivity contribution in [3.63, 3.8) is 0 Å². The van der Waals surface area contributed by atoms with Gasteiger partial charge in [0.25, 0.3) is 0 Å². The van der Waals surface area contributed by atoms with Crippen LogP contribution in [0.3, 0.4) is 0 Å². The zero-order valence-electron chi connectivity index (χ0n) is 5.58. The van der Waals surface area contributed by atoms with Crippen LogP contribution in [0.4, 0.5) is 4.39 Å². The van der Waals surface area contributed by atoms with Crippen molar-refractivity contribution in [1.29, 1.82) is 0 Å². The molecule has 0 fully saturated rings. The van der Waals surface area contributed by atoms with Crippen molar-refractivity contribution in [2.24, 2.45) is 0 Å². The third-order valence-corrected chi connectivity index (χ3v) is 1.16. The Labute approximate surface area is 58.3 Å². The maximum Gasteiger partial charge on any atom is 0.213 e. The predicted molar refractivity (Wildman–Crippen MR) is 34.8 cm³/mol. The van der Waals surface area contributed by atoms with Crippen molar-refractivity contribution in [3.8, 4) is 0 Å². The Balaban J connectivity index is 2.96. The first kappa shape index (κ1) is 7.15. The first-order chi connectivity index (χ1) is 4.70. The monoisotopic (exact) mass is 141 g/mol. The number of aliphatic hydroxyl groups excluding tert-OH is 1. The maximum absolute atomic E-state index is 12.3. The highest BCUT2D eigenvalue weighted by Crippen LogP contribution is 2.07. The minimum atomic E-state index is -0.698. The van der Waals surface area contributed by atoms with E-state index in [1.807, 2.05) is 0 Å². The van der Waals surface area contributed by atoms with Gasteiger partial charge in [-0.1, -0.05) is 6.07 Å². The van der Waals surface area contributed by atoms with Crippen LogP contribution in [0.5, 0.6) is 0 Å². The van der Waals surface area contributed by atoms with Crippen molar-refractivity contribution in [2.75, 3.05) is 0 Å². The number of hydrogen-bond acceptors (Lipinski definition) is 2. The van der Waals surface area contributed by atoms with Gasteiger partial charge in [-0.15, -0.1) is 0 Å². The minimum Gasteiger partial charge on any atom is -0.387 e. The summed E-state index contributed by atoms with van der Waals surface area (Å²) in [4.78, 5) is 3.46. The molecule has 10 heavy (non-hydrogen) atoms. The molecule has 1 aromatic rings. The first-order valence-corrected chi connectivity index (χ1v) is 3.00. The van der Waals surface area contributed by atoms with Gasteiger partial charge in [0, 0.05) is 0 Å².